The summed E-state index contributed by atoms with van der Waals surface area (Å²) >= 11 is 2.95. The van der Waals surface area contributed by atoms with Crippen molar-refractivity contribution in [3.8, 4) is 0 Å². The van der Waals surface area contributed by atoms with E-state index in [0.717, 1.165) is 29.5 Å². The maximum Gasteiger partial charge on any atom is 0.230 e. The van der Waals surface area contributed by atoms with Gasteiger partial charge in [0.15, 0.2) is 5.16 Å². The number of thiophene rings is 1. The third-order valence-electron chi connectivity index (χ3n) is 5.77. The van der Waals surface area contributed by atoms with E-state index in [4.69, 9.17) is 15.5 Å². The summed E-state index contributed by atoms with van der Waals surface area (Å²) in [4.78, 5) is 23.7. The quantitative estimate of drug-likeness (QED) is 0.369. The number of fused-ring (bicyclic) bond motifs is 3. The van der Waals surface area contributed by atoms with E-state index in [-0.39, 0.29) is 23.8 Å². The number of hydrogen-bond acceptors (Lipinski definition) is 7. The number of carbonyl (C=O) groups is 1. The highest BCUT2D eigenvalue weighted by Gasteiger charge is 2.27. The zero-order chi connectivity index (χ0) is 22.7. The largest absolute Gasteiger partial charge is 0.383 e. The minimum Gasteiger partial charge on any atom is -0.383 e. The van der Waals surface area contributed by atoms with Crippen LogP contribution in [0.2, 0.25) is 0 Å². The van der Waals surface area contributed by atoms with Crippen LogP contribution in [0, 0.1) is 5.92 Å². The Morgan fingerprint density at radius 2 is 2.06 bits per heavy atom. The fraction of sp³-hybridized carbons (Fsp3) is 0.458. The lowest BCUT2D eigenvalue weighted by atomic mass is 9.96. The van der Waals surface area contributed by atoms with Crippen molar-refractivity contribution in [2.45, 2.75) is 63.9 Å². The molecule has 170 valence electrons. The Morgan fingerprint density at radius 1 is 1.28 bits per heavy atom. The van der Waals surface area contributed by atoms with Crippen molar-refractivity contribution in [2.75, 3.05) is 11.5 Å². The van der Waals surface area contributed by atoms with Crippen LogP contribution in [-0.2, 0) is 29.0 Å². The second-order valence-electron chi connectivity index (χ2n) is 8.65. The Morgan fingerprint density at radius 3 is 2.81 bits per heavy atom. The Labute approximate surface area is 197 Å². The van der Waals surface area contributed by atoms with Crippen LogP contribution in [-0.4, -0.2) is 33.8 Å². The van der Waals surface area contributed by atoms with Crippen molar-refractivity contribution in [1.29, 1.82) is 0 Å². The van der Waals surface area contributed by atoms with Gasteiger partial charge in [0.25, 0.3) is 0 Å². The van der Waals surface area contributed by atoms with E-state index in [0.29, 0.717) is 23.5 Å². The van der Waals surface area contributed by atoms with Crippen molar-refractivity contribution in [3.63, 3.8) is 0 Å². The number of aryl methyl sites for hydroxylation is 1. The summed E-state index contributed by atoms with van der Waals surface area (Å²) in [5.41, 5.74) is 8.84. The SMILES string of the molecule is CC(C)[C@@H]1Cc2c(sc3nc(SCC(=O)N[C@@H](C)CCc4ccccc4)nc(N)c23)CO1. The van der Waals surface area contributed by atoms with Gasteiger partial charge in [-0.25, -0.2) is 9.97 Å². The number of amides is 1. The summed E-state index contributed by atoms with van der Waals surface area (Å²) in [6, 6.07) is 10.4. The first-order valence-corrected chi connectivity index (χ1v) is 12.9. The number of nitrogens with two attached hydrogens (primary N) is 1. The average molecular weight is 471 g/mol. The molecule has 3 N–H and O–H groups in total. The topological polar surface area (TPSA) is 90.1 Å². The van der Waals surface area contributed by atoms with Gasteiger partial charge in [0.1, 0.15) is 10.6 Å². The van der Waals surface area contributed by atoms with Gasteiger partial charge in [-0.15, -0.1) is 11.3 Å². The molecule has 3 heterocycles. The van der Waals surface area contributed by atoms with Crippen LogP contribution in [0.25, 0.3) is 10.2 Å². The molecule has 4 rings (SSSR count). The number of hydrogen-bond donors (Lipinski definition) is 2. The van der Waals surface area contributed by atoms with Gasteiger partial charge >= 0.3 is 0 Å². The molecule has 3 aromatic rings. The van der Waals surface area contributed by atoms with E-state index < -0.39 is 0 Å². The van der Waals surface area contributed by atoms with Crippen molar-refractivity contribution >= 4 is 45.0 Å². The molecule has 0 saturated carbocycles. The second-order valence-corrected chi connectivity index (χ2v) is 10.7. The van der Waals surface area contributed by atoms with Gasteiger partial charge in [0, 0.05) is 17.3 Å². The van der Waals surface area contributed by atoms with Gasteiger partial charge in [-0.2, -0.15) is 0 Å². The smallest absolute Gasteiger partial charge is 0.230 e. The molecule has 0 aliphatic carbocycles. The van der Waals surface area contributed by atoms with Crippen LogP contribution in [0.1, 0.15) is 43.2 Å². The van der Waals surface area contributed by atoms with Crippen LogP contribution in [0.5, 0.6) is 0 Å². The highest BCUT2D eigenvalue weighted by molar-refractivity contribution is 7.99. The standard InChI is InChI=1S/C24H30N4O2S2/c1-14(2)18-11-17-19(12-30-18)32-23-21(17)22(25)27-24(28-23)31-13-20(29)26-15(3)9-10-16-7-5-4-6-8-16/h4-8,14-15,18H,9-13H2,1-3H3,(H,26,29)(H2,25,27,28)/t15-,18-/m0/s1. The maximum atomic E-state index is 12.4. The number of aromatic nitrogens is 2. The van der Waals surface area contributed by atoms with E-state index in [2.05, 4.69) is 36.3 Å². The van der Waals surface area contributed by atoms with E-state index in [1.165, 1.54) is 27.8 Å². The highest BCUT2D eigenvalue weighted by atomic mass is 32.2. The van der Waals surface area contributed by atoms with Crippen molar-refractivity contribution < 1.29 is 9.53 Å². The number of rotatable bonds is 8. The molecule has 0 unspecified atom stereocenters. The first kappa shape index (κ1) is 23.0. The molecule has 0 fully saturated rings. The van der Waals surface area contributed by atoms with Crippen LogP contribution >= 0.6 is 23.1 Å². The molecule has 0 spiro atoms. The molecule has 0 radical (unpaired) electrons. The van der Waals surface area contributed by atoms with Crippen LogP contribution < -0.4 is 11.1 Å². The predicted molar refractivity (Wildman–Crippen MR) is 132 cm³/mol. The zero-order valence-corrected chi connectivity index (χ0v) is 20.4. The average Bonchev–Trinajstić information content (AvgIpc) is 3.15. The Balaban J connectivity index is 1.35. The lowest BCUT2D eigenvalue weighted by molar-refractivity contribution is -0.119. The number of thioether (sulfide) groups is 1. The van der Waals surface area contributed by atoms with Crippen LogP contribution in [0.4, 0.5) is 5.82 Å². The normalized spacial score (nSPS) is 16.8. The van der Waals surface area contributed by atoms with Gasteiger partial charge in [-0.05, 0) is 36.8 Å². The molecule has 1 aromatic carbocycles. The summed E-state index contributed by atoms with van der Waals surface area (Å²) in [6.07, 6.45) is 2.88. The molecule has 0 bridgehead atoms. The third kappa shape index (κ3) is 5.42. The van der Waals surface area contributed by atoms with E-state index >= 15 is 0 Å². The number of benzene rings is 1. The fourth-order valence-corrected chi connectivity index (χ4v) is 5.78. The molecule has 0 saturated heterocycles. The number of carbonyl (C=O) groups excluding carboxylic acids is 1. The summed E-state index contributed by atoms with van der Waals surface area (Å²) in [5.74, 6) is 1.20. The van der Waals surface area contributed by atoms with Gasteiger partial charge in [-0.1, -0.05) is 55.9 Å². The van der Waals surface area contributed by atoms with Crippen molar-refractivity contribution in [3.05, 3.63) is 46.3 Å². The minimum atomic E-state index is -0.0171. The molecule has 2 aromatic heterocycles. The molecule has 2 atom stereocenters. The fourth-order valence-electron chi connectivity index (χ4n) is 3.93. The van der Waals surface area contributed by atoms with Crippen LogP contribution in [0.3, 0.4) is 0 Å². The summed E-state index contributed by atoms with van der Waals surface area (Å²) < 4.78 is 5.99. The Hall–Kier alpha value is -2.16. The highest BCUT2D eigenvalue weighted by Crippen LogP contribution is 2.39. The number of nitrogen functional groups attached to an aromatic ring is 1. The summed E-state index contributed by atoms with van der Waals surface area (Å²) in [5, 5.41) is 4.57. The number of nitrogens with one attached hydrogen (secondary N) is 1. The third-order valence-corrected chi connectivity index (χ3v) is 7.71. The number of ether oxygens (including phenoxy) is 1. The number of nitrogens with zero attached hydrogens (tertiary/aromatic N) is 2. The van der Waals surface area contributed by atoms with E-state index in [1.54, 1.807) is 11.3 Å². The monoisotopic (exact) mass is 470 g/mol. The molecule has 32 heavy (non-hydrogen) atoms. The zero-order valence-electron chi connectivity index (χ0n) is 18.8. The minimum absolute atomic E-state index is 0.0171. The van der Waals surface area contributed by atoms with Crippen molar-refractivity contribution in [2.24, 2.45) is 5.92 Å². The lowest BCUT2D eigenvalue weighted by Gasteiger charge is -2.26. The summed E-state index contributed by atoms with van der Waals surface area (Å²) in [6.45, 7) is 6.98. The number of anilines is 1. The Kier molecular flexibility index (Phi) is 7.33. The molecule has 8 heteroatoms. The summed E-state index contributed by atoms with van der Waals surface area (Å²) in [7, 11) is 0. The first-order chi connectivity index (χ1) is 15.4. The molecule has 1 amide bonds. The van der Waals surface area contributed by atoms with E-state index in [1.807, 2.05) is 25.1 Å². The second kappa shape index (κ2) is 10.2. The van der Waals surface area contributed by atoms with Gasteiger partial charge in [0.2, 0.25) is 5.91 Å². The molecular weight excluding hydrogens is 440 g/mol. The van der Waals surface area contributed by atoms with Gasteiger partial charge in [-0.3, -0.25) is 4.79 Å². The lowest BCUT2D eigenvalue weighted by Crippen LogP contribution is -2.34. The van der Waals surface area contributed by atoms with Crippen LogP contribution in [0.15, 0.2) is 35.5 Å². The molecular formula is C24H30N4O2S2. The van der Waals surface area contributed by atoms with Gasteiger partial charge in [0.05, 0.1) is 23.8 Å². The van der Waals surface area contributed by atoms with E-state index in [9.17, 15) is 4.79 Å². The molecule has 1 aliphatic rings. The molecule has 1 aliphatic heterocycles. The van der Waals surface area contributed by atoms with Gasteiger partial charge < -0.3 is 15.8 Å². The Bertz CT molecular complexity index is 1080. The predicted octanol–water partition coefficient (Wildman–Crippen LogP) is 4.60. The maximum absolute atomic E-state index is 12.4. The first-order valence-electron chi connectivity index (χ1n) is 11.1. The molecule has 6 nitrogen and oxygen atoms in total. The van der Waals surface area contributed by atoms with Crippen molar-refractivity contribution in [1.82, 2.24) is 15.3 Å².